The fourth-order valence-corrected chi connectivity index (χ4v) is 3.99. The van der Waals surface area contributed by atoms with Gasteiger partial charge in [-0.05, 0) is 26.3 Å². The molecule has 1 aliphatic rings. The Hall–Kier alpha value is -2.95. The summed E-state index contributed by atoms with van der Waals surface area (Å²) in [5.74, 6) is -1.62. The van der Waals surface area contributed by atoms with Gasteiger partial charge in [-0.25, -0.2) is 4.39 Å². The molecule has 192 valence electrons. The minimum atomic E-state index is -0.851. The molecule has 0 radical (unpaired) electrons. The number of amides is 2. The summed E-state index contributed by atoms with van der Waals surface area (Å²) in [4.78, 5) is 39.0. The Morgan fingerprint density at radius 2 is 2.11 bits per heavy atom. The third kappa shape index (κ3) is 7.27. The molecule has 2 amide bonds. The van der Waals surface area contributed by atoms with Gasteiger partial charge < -0.3 is 29.7 Å². The van der Waals surface area contributed by atoms with Crippen molar-refractivity contribution >= 4 is 30.2 Å². The van der Waals surface area contributed by atoms with E-state index >= 15 is 0 Å². The van der Waals surface area contributed by atoms with Crippen molar-refractivity contribution in [2.24, 2.45) is 0 Å². The highest BCUT2D eigenvalue weighted by molar-refractivity contribution is 6.30. The highest BCUT2D eigenvalue weighted by Crippen LogP contribution is 2.32. The standard InChI is InChI=1S/C24H31ClFN3O6/c1-17(23(33)27-11-19-5-4-6-20(25)22(19)26)12-29(18(2)21(32)13-30)24(7-9-35-15-24)14-28(16-31)8-10-34-3/h4-6,12-13,16,32H,7-11,14-15H2,1-3H3,(H,27,33)/b17-12+,21-18+. The fraction of sp³-hybridized carbons (Fsp3) is 0.458. The van der Waals surface area contributed by atoms with Crippen LogP contribution in [0.25, 0.3) is 0 Å². The normalized spacial score (nSPS) is 18.6. The third-order valence-corrected chi connectivity index (χ3v) is 6.11. The second kappa shape index (κ2) is 13.2. The van der Waals surface area contributed by atoms with E-state index in [0.717, 1.165) is 0 Å². The van der Waals surface area contributed by atoms with E-state index < -0.39 is 23.0 Å². The van der Waals surface area contributed by atoms with Crippen LogP contribution in [-0.4, -0.2) is 79.1 Å². The smallest absolute Gasteiger partial charge is 0.248 e. The first-order valence-electron chi connectivity index (χ1n) is 11.0. The zero-order valence-electron chi connectivity index (χ0n) is 20.1. The van der Waals surface area contributed by atoms with Gasteiger partial charge in [0.1, 0.15) is 5.82 Å². The molecular formula is C24H31ClFN3O6. The lowest BCUT2D eigenvalue weighted by atomic mass is 9.94. The number of nitrogens with one attached hydrogen (secondary N) is 1. The molecule has 1 aromatic rings. The van der Waals surface area contributed by atoms with Gasteiger partial charge in [-0.2, -0.15) is 0 Å². The van der Waals surface area contributed by atoms with E-state index in [4.69, 9.17) is 21.1 Å². The van der Waals surface area contributed by atoms with Crippen LogP contribution in [0.4, 0.5) is 4.39 Å². The lowest BCUT2D eigenvalue weighted by Crippen LogP contribution is -2.54. The monoisotopic (exact) mass is 511 g/mol. The molecule has 1 unspecified atom stereocenters. The molecule has 0 saturated carbocycles. The average Bonchev–Trinajstić information content (AvgIpc) is 3.33. The Labute approximate surface area is 209 Å². The Balaban J connectivity index is 2.36. The molecule has 0 aliphatic carbocycles. The maximum Gasteiger partial charge on any atom is 0.248 e. The van der Waals surface area contributed by atoms with Gasteiger partial charge in [0.15, 0.2) is 12.0 Å². The van der Waals surface area contributed by atoms with Crippen LogP contribution in [-0.2, 0) is 30.4 Å². The Morgan fingerprint density at radius 3 is 2.71 bits per heavy atom. The van der Waals surface area contributed by atoms with E-state index in [0.29, 0.717) is 38.9 Å². The summed E-state index contributed by atoms with van der Waals surface area (Å²) in [6.07, 6.45) is 2.96. The molecule has 9 nitrogen and oxygen atoms in total. The molecule has 1 atom stereocenters. The minimum Gasteiger partial charge on any atom is -0.503 e. The molecule has 0 spiro atoms. The Kier molecular flexibility index (Phi) is 10.7. The summed E-state index contributed by atoms with van der Waals surface area (Å²) >= 11 is 5.80. The number of aliphatic hydroxyl groups excluding tert-OH is 1. The van der Waals surface area contributed by atoms with Gasteiger partial charge in [0.25, 0.3) is 0 Å². The molecule has 2 rings (SSSR count). The van der Waals surface area contributed by atoms with Crippen molar-refractivity contribution in [2.75, 3.05) is 40.0 Å². The summed E-state index contributed by atoms with van der Waals surface area (Å²) < 4.78 is 24.9. The lowest BCUT2D eigenvalue weighted by Gasteiger charge is -2.42. The molecule has 0 bridgehead atoms. The summed E-state index contributed by atoms with van der Waals surface area (Å²) in [5.41, 5.74) is -0.205. The number of methoxy groups -OCH3 is 1. The molecule has 11 heteroatoms. The van der Waals surface area contributed by atoms with Crippen molar-refractivity contribution in [1.82, 2.24) is 15.1 Å². The predicted octanol–water partition coefficient (Wildman–Crippen LogP) is 2.55. The highest BCUT2D eigenvalue weighted by Gasteiger charge is 2.42. The van der Waals surface area contributed by atoms with Crippen molar-refractivity contribution in [3.63, 3.8) is 0 Å². The number of ether oxygens (including phenoxy) is 2. The second-order valence-electron chi connectivity index (χ2n) is 8.26. The van der Waals surface area contributed by atoms with Crippen molar-refractivity contribution < 1.29 is 33.4 Å². The van der Waals surface area contributed by atoms with E-state index in [1.165, 1.54) is 37.3 Å². The van der Waals surface area contributed by atoms with Crippen molar-refractivity contribution in [2.45, 2.75) is 32.4 Å². The first-order valence-corrected chi connectivity index (χ1v) is 11.4. The maximum atomic E-state index is 14.2. The fourth-order valence-electron chi connectivity index (χ4n) is 3.79. The molecule has 1 aromatic carbocycles. The molecule has 1 saturated heterocycles. The number of hydrogen-bond acceptors (Lipinski definition) is 7. The zero-order chi connectivity index (χ0) is 26.0. The van der Waals surface area contributed by atoms with Crippen molar-refractivity contribution in [1.29, 1.82) is 0 Å². The number of allylic oxidation sites excluding steroid dienone is 2. The number of carbonyl (C=O) groups excluding carboxylic acids is 3. The van der Waals surface area contributed by atoms with Crippen LogP contribution in [0.1, 0.15) is 25.8 Å². The summed E-state index contributed by atoms with van der Waals surface area (Å²) in [5, 5.41) is 12.8. The number of benzene rings is 1. The number of hydrogen-bond donors (Lipinski definition) is 2. The quantitative estimate of drug-likeness (QED) is 0.238. The number of nitrogens with zero attached hydrogens (tertiary/aromatic N) is 2. The van der Waals surface area contributed by atoms with Gasteiger partial charge in [-0.3, -0.25) is 14.4 Å². The van der Waals surface area contributed by atoms with E-state index in [1.807, 2.05) is 0 Å². The maximum absolute atomic E-state index is 14.2. The van der Waals surface area contributed by atoms with E-state index in [-0.39, 0.29) is 41.6 Å². The van der Waals surface area contributed by atoms with Gasteiger partial charge in [0.2, 0.25) is 12.3 Å². The largest absolute Gasteiger partial charge is 0.503 e. The number of halogens is 2. The SMILES string of the molecule is COCCN(C=O)CC1(N(/C=C(\C)C(=O)NCc2cccc(Cl)c2F)/C(C)=C(/O)C=O)CCOC1. The summed E-state index contributed by atoms with van der Waals surface area (Å²) in [6.45, 7) is 4.41. The molecule has 0 aromatic heterocycles. The van der Waals surface area contributed by atoms with Crippen LogP contribution in [0, 0.1) is 5.82 Å². The molecule has 1 heterocycles. The molecule has 1 fully saturated rings. The minimum absolute atomic E-state index is 0.0448. The van der Waals surface area contributed by atoms with Crippen LogP contribution >= 0.6 is 11.6 Å². The van der Waals surface area contributed by atoms with E-state index in [9.17, 15) is 23.9 Å². The van der Waals surface area contributed by atoms with Gasteiger partial charge in [-0.1, -0.05) is 23.7 Å². The first kappa shape index (κ1) is 28.3. The molecule has 35 heavy (non-hydrogen) atoms. The average molecular weight is 512 g/mol. The zero-order valence-corrected chi connectivity index (χ0v) is 20.8. The third-order valence-electron chi connectivity index (χ3n) is 5.82. The first-order chi connectivity index (χ1) is 16.7. The van der Waals surface area contributed by atoms with Crippen LogP contribution in [0.15, 0.2) is 41.4 Å². The predicted molar refractivity (Wildman–Crippen MR) is 128 cm³/mol. The number of carbonyl (C=O) groups is 3. The number of aldehydes is 1. The van der Waals surface area contributed by atoms with Gasteiger partial charge in [0, 0.05) is 50.7 Å². The highest BCUT2D eigenvalue weighted by atomic mass is 35.5. The lowest BCUT2D eigenvalue weighted by molar-refractivity contribution is -0.121. The van der Waals surface area contributed by atoms with Crippen LogP contribution < -0.4 is 5.32 Å². The van der Waals surface area contributed by atoms with Crippen molar-refractivity contribution in [3.05, 3.63) is 57.8 Å². The van der Waals surface area contributed by atoms with Crippen molar-refractivity contribution in [3.8, 4) is 0 Å². The van der Waals surface area contributed by atoms with E-state index in [1.54, 1.807) is 17.9 Å². The number of aliphatic hydroxyl groups is 1. The van der Waals surface area contributed by atoms with E-state index in [2.05, 4.69) is 5.32 Å². The Bertz CT molecular complexity index is 978. The number of rotatable bonds is 13. The van der Waals surface area contributed by atoms with Gasteiger partial charge in [-0.15, -0.1) is 0 Å². The molecular weight excluding hydrogens is 481 g/mol. The van der Waals surface area contributed by atoms with Crippen LogP contribution in [0.2, 0.25) is 5.02 Å². The van der Waals surface area contributed by atoms with Gasteiger partial charge >= 0.3 is 0 Å². The Morgan fingerprint density at radius 1 is 1.37 bits per heavy atom. The molecule has 1 aliphatic heterocycles. The van der Waals surface area contributed by atoms with Gasteiger partial charge in [0.05, 0.1) is 29.5 Å². The summed E-state index contributed by atoms with van der Waals surface area (Å²) in [7, 11) is 1.53. The summed E-state index contributed by atoms with van der Waals surface area (Å²) in [6, 6.07) is 4.51. The molecule has 2 N–H and O–H groups in total. The van der Waals surface area contributed by atoms with Crippen LogP contribution in [0.5, 0.6) is 0 Å². The topological polar surface area (TPSA) is 108 Å². The van der Waals surface area contributed by atoms with Crippen LogP contribution in [0.3, 0.4) is 0 Å². The second-order valence-corrected chi connectivity index (χ2v) is 8.67.